The lowest BCUT2D eigenvalue weighted by molar-refractivity contribution is -0.121. The molecule has 28 heavy (non-hydrogen) atoms. The third-order valence-electron chi connectivity index (χ3n) is 3.78. The summed E-state index contributed by atoms with van der Waals surface area (Å²) < 4.78 is 5.12. The summed E-state index contributed by atoms with van der Waals surface area (Å²) in [6.07, 6.45) is 5.06. The second-order valence-corrected chi connectivity index (χ2v) is 5.90. The van der Waals surface area contributed by atoms with Gasteiger partial charge in [0.1, 0.15) is 11.4 Å². The van der Waals surface area contributed by atoms with E-state index in [9.17, 15) is 9.59 Å². The van der Waals surface area contributed by atoms with Gasteiger partial charge in [0.2, 0.25) is 5.91 Å². The van der Waals surface area contributed by atoms with Crippen LogP contribution in [-0.2, 0) is 9.59 Å². The molecule has 0 heterocycles. The van der Waals surface area contributed by atoms with Crippen molar-refractivity contribution in [3.05, 3.63) is 77.5 Å². The van der Waals surface area contributed by atoms with Crippen LogP contribution in [0.25, 0.3) is 12.2 Å². The highest BCUT2D eigenvalue weighted by Gasteiger charge is 2.11. The number of hydrogen-bond donors (Lipinski definition) is 3. The Labute approximate surface area is 164 Å². The van der Waals surface area contributed by atoms with E-state index in [0.717, 1.165) is 11.1 Å². The molecule has 6 heteroatoms. The highest BCUT2D eigenvalue weighted by atomic mass is 16.5. The molecule has 0 saturated carbocycles. The number of aliphatic hydroxyl groups is 1. The van der Waals surface area contributed by atoms with Gasteiger partial charge in [-0.15, -0.1) is 0 Å². The van der Waals surface area contributed by atoms with Gasteiger partial charge in [0.25, 0.3) is 5.91 Å². The summed E-state index contributed by atoms with van der Waals surface area (Å²) >= 11 is 0. The highest BCUT2D eigenvalue weighted by Crippen LogP contribution is 2.13. The Hall–Kier alpha value is -3.38. The third-order valence-corrected chi connectivity index (χ3v) is 3.78. The Balaban J connectivity index is 2.14. The van der Waals surface area contributed by atoms with Crippen molar-refractivity contribution in [1.29, 1.82) is 0 Å². The molecular formula is C22H24N2O4. The number of carbonyl (C=O) groups excluding carboxylic acids is 2. The first-order chi connectivity index (χ1) is 13.6. The van der Waals surface area contributed by atoms with E-state index in [0.29, 0.717) is 18.7 Å². The molecule has 0 aliphatic carbocycles. The average Bonchev–Trinajstić information content (AvgIpc) is 2.73. The van der Waals surface area contributed by atoms with Crippen LogP contribution in [0.5, 0.6) is 5.75 Å². The lowest BCUT2D eigenvalue weighted by atomic mass is 10.1. The molecule has 2 rings (SSSR count). The van der Waals surface area contributed by atoms with Gasteiger partial charge in [0, 0.05) is 19.2 Å². The van der Waals surface area contributed by atoms with Crippen molar-refractivity contribution in [3.8, 4) is 5.75 Å². The van der Waals surface area contributed by atoms with Crippen LogP contribution in [0.15, 0.2) is 66.4 Å². The molecule has 0 fully saturated rings. The van der Waals surface area contributed by atoms with Crippen molar-refractivity contribution in [3.63, 3.8) is 0 Å². The largest absolute Gasteiger partial charge is 0.497 e. The SMILES string of the molecule is COc1ccc(/C=C(/NC(=O)/C=C/c2ccccc2)C(=O)NCCCO)cc1. The van der Waals surface area contributed by atoms with Gasteiger partial charge in [0.05, 0.1) is 7.11 Å². The molecule has 2 aromatic rings. The maximum atomic E-state index is 12.4. The number of nitrogens with one attached hydrogen (secondary N) is 2. The predicted molar refractivity (Wildman–Crippen MR) is 109 cm³/mol. The quantitative estimate of drug-likeness (QED) is 0.460. The van der Waals surface area contributed by atoms with E-state index >= 15 is 0 Å². The van der Waals surface area contributed by atoms with E-state index < -0.39 is 11.8 Å². The van der Waals surface area contributed by atoms with Gasteiger partial charge in [-0.05, 0) is 41.8 Å². The zero-order chi connectivity index (χ0) is 20.2. The van der Waals surface area contributed by atoms with Crippen molar-refractivity contribution in [1.82, 2.24) is 10.6 Å². The topological polar surface area (TPSA) is 87.7 Å². The normalized spacial score (nSPS) is 11.3. The van der Waals surface area contributed by atoms with Gasteiger partial charge in [-0.3, -0.25) is 9.59 Å². The standard InChI is InChI=1S/C22H24N2O4/c1-28-19-11-8-18(9-12-19)16-20(22(27)23-14-5-15-25)24-21(26)13-10-17-6-3-2-4-7-17/h2-4,6-13,16,25H,5,14-15H2,1H3,(H,23,27)(H,24,26)/b13-10+,20-16+. The van der Waals surface area contributed by atoms with Gasteiger partial charge in [-0.2, -0.15) is 0 Å². The Morgan fingerprint density at radius 3 is 2.39 bits per heavy atom. The number of amides is 2. The van der Waals surface area contributed by atoms with Crippen molar-refractivity contribution < 1.29 is 19.4 Å². The van der Waals surface area contributed by atoms with Crippen LogP contribution >= 0.6 is 0 Å². The van der Waals surface area contributed by atoms with Crippen LogP contribution in [-0.4, -0.2) is 37.2 Å². The Morgan fingerprint density at radius 1 is 1.04 bits per heavy atom. The van der Waals surface area contributed by atoms with Gasteiger partial charge in [0.15, 0.2) is 0 Å². The fraction of sp³-hybridized carbons (Fsp3) is 0.182. The van der Waals surface area contributed by atoms with Gasteiger partial charge >= 0.3 is 0 Å². The minimum atomic E-state index is -0.425. The number of rotatable bonds is 9. The fourth-order valence-corrected chi connectivity index (χ4v) is 2.31. The molecule has 2 aromatic carbocycles. The van der Waals surface area contributed by atoms with Gasteiger partial charge in [-0.25, -0.2) is 0 Å². The average molecular weight is 380 g/mol. The number of ether oxygens (including phenoxy) is 1. The summed E-state index contributed by atoms with van der Waals surface area (Å²) in [4.78, 5) is 24.7. The monoisotopic (exact) mass is 380 g/mol. The van der Waals surface area contributed by atoms with E-state index in [1.54, 1.807) is 43.5 Å². The summed E-state index contributed by atoms with van der Waals surface area (Å²) in [7, 11) is 1.57. The van der Waals surface area contributed by atoms with Crippen LogP contribution in [0, 0.1) is 0 Å². The fourth-order valence-electron chi connectivity index (χ4n) is 2.31. The smallest absolute Gasteiger partial charge is 0.267 e. The third kappa shape index (κ3) is 7.09. The minimum Gasteiger partial charge on any atom is -0.497 e. The van der Waals surface area contributed by atoms with Crippen molar-refractivity contribution in [2.45, 2.75) is 6.42 Å². The van der Waals surface area contributed by atoms with E-state index in [1.165, 1.54) is 6.08 Å². The number of carbonyl (C=O) groups is 2. The molecule has 0 aliphatic rings. The molecule has 2 amide bonds. The first-order valence-corrected chi connectivity index (χ1v) is 8.91. The minimum absolute atomic E-state index is 0.0238. The molecule has 0 bridgehead atoms. The molecule has 6 nitrogen and oxygen atoms in total. The summed E-state index contributed by atoms with van der Waals surface area (Å²) in [5, 5.41) is 14.2. The van der Waals surface area contributed by atoms with Crippen LogP contribution in [0.2, 0.25) is 0 Å². The highest BCUT2D eigenvalue weighted by molar-refractivity contribution is 6.04. The van der Waals surface area contributed by atoms with Crippen LogP contribution < -0.4 is 15.4 Å². The van der Waals surface area contributed by atoms with Gasteiger partial charge in [-0.1, -0.05) is 42.5 Å². The van der Waals surface area contributed by atoms with Crippen LogP contribution in [0.4, 0.5) is 0 Å². The number of methoxy groups -OCH3 is 1. The summed E-state index contributed by atoms with van der Waals surface area (Å²) in [5.74, 6) is -0.146. The molecule has 3 N–H and O–H groups in total. The molecule has 0 radical (unpaired) electrons. The van der Waals surface area contributed by atoms with Crippen LogP contribution in [0.3, 0.4) is 0 Å². The van der Waals surface area contributed by atoms with Gasteiger partial charge < -0.3 is 20.5 Å². The van der Waals surface area contributed by atoms with E-state index in [1.807, 2.05) is 30.3 Å². The molecule has 0 aliphatic heterocycles. The molecular weight excluding hydrogens is 356 g/mol. The Kier molecular flexibility index (Phi) is 8.49. The zero-order valence-corrected chi connectivity index (χ0v) is 15.7. The molecule has 0 atom stereocenters. The molecule has 0 unspecified atom stereocenters. The zero-order valence-electron chi connectivity index (χ0n) is 15.7. The predicted octanol–water partition coefficient (Wildman–Crippen LogP) is 2.36. The number of aliphatic hydroxyl groups excluding tert-OH is 1. The summed E-state index contributed by atoms with van der Waals surface area (Å²) in [6.45, 7) is 0.287. The second-order valence-electron chi connectivity index (χ2n) is 5.90. The maximum absolute atomic E-state index is 12.4. The van der Waals surface area contributed by atoms with E-state index in [2.05, 4.69) is 10.6 Å². The summed E-state index contributed by atoms with van der Waals surface area (Å²) in [6, 6.07) is 16.5. The van der Waals surface area contributed by atoms with Crippen molar-refractivity contribution in [2.75, 3.05) is 20.3 Å². The van der Waals surface area contributed by atoms with E-state index in [4.69, 9.17) is 9.84 Å². The number of benzene rings is 2. The second kappa shape index (κ2) is 11.4. The first kappa shape index (κ1) is 20.9. The molecule has 0 aromatic heterocycles. The lowest BCUT2D eigenvalue weighted by Gasteiger charge is -2.10. The van der Waals surface area contributed by atoms with Crippen molar-refractivity contribution in [2.24, 2.45) is 0 Å². The molecule has 0 saturated heterocycles. The Bertz CT molecular complexity index is 827. The maximum Gasteiger partial charge on any atom is 0.267 e. The lowest BCUT2D eigenvalue weighted by Crippen LogP contribution is -2.34. The Morgan fingerprint density at radius 2 is 1.75 bits per heavy atom. The van der Waals surface area contributed by atoms with Crippen LogP contribution in [0.1, 0.15) is 17.5 Å². The molecule has 0 spiro atoms. The van der Waals surface area contributed by atoms with E-state index in [-0.39, 0.29) is 12.3 Å². The first-order valence-electron chi connectivity index (χ1n) is 8.91. The number of hydrogen-bond acceptors (Lipinski definition) is 4. The molecule has 146 valence electrons. The summed E-state index contributed by atoms with van der Waals surface area (Å²) in [5.41, 5.74) is 1.73. The van der Waals surface area contributed by atoms with Crippen molar-refractivity contribution >= 4 is 24.0 Å².